The molecule has 2 aromatic heterocycles. The molecule has 0 spiro atoms. The monoisotopic (exact) mass is 334 g/mol. The Balaban J connectivity index is 1.88. The highest BCUT2D eigenvalue weighted by Crippen LogP contribution is 2.18. The van der Waals surface area contributed by atoms with Gasteiger partial charge >= 0.3 is 0 Å². The third kappa shape index (κ3) is 3.80. The molecular weight excluding hydrogens is 316 g/mol. The summed E-state index contributed by atoms with van der Waals surface area (Å²) in [6, 6.07) is 14.5. The van der Waals surface area contributed by atoms with E-state index in [-0.39, 0.29) is 11.6 Å². The van der Waals surface area contributed by atoms with Crippen LogP contribution in [0, 0.1) is 0 Å². The van der Waals surface area contributed by atoms with Crippen LogP contribution < -0.4 is 10.9 Å². The molecule has 1 amide bonds. The van der Waals surface area contributed by atoms with E-state index in [0.29, 0.717) is 5.69 Å². The lowest BCUT2D eigenvalue weighted by molar-refractivity contribution is 0.0934. The van der Waals surface area contributed by atoms with Crippen LogP contribution >= 0.6 is 0 Å². The van der Waals surface area contributed by atoms with Gasteiger partial charge in [0.15, 0.2) is 0 Å². The maximum absolute atomic E-state index is 12.6. The molecule has 0 radical (unpaired) electrons. The lowest BCUT2D eigenvalue weighted by Gasteiger charge is -2.17. The van der Waals surface area contributed by atoms with Crippen LogP contribution in [0.5, 0.6) is 0 Å². The number of nitrogens with zero attached hydrogens (tertiary/aromatic N) is 2. The maximum atomic E-state index is 12.6. The summed E-state index contributed by atoms with van der Waals surface area (Å²) in [5, 5.41) is 9.32. The highest BCUT2D eigenvalue weighted by molar-refractivity contribution is 5.94. The molecule has 6 heteroatoms. The number of hydrogen-bond acceptors (Lipinski definition) is 4. The highest BCUT2D eigenvalue weighted by atomic mass is 16.2. The van der Waals surface area contributed by atoms with Crippen molar-refractivity contribution >= 4 is 5.91 Å². The van der Waals surface area contributed by atoms with Crippen LogP contribution in [-0.2, 0) is 0 Å². The van der Waals surface area contributed by atoms with Gasteiger partial charge in [0.25, 0.3) is 11.5 Å². The van der Waals surface area contributed by atoms with Crippen molar-refractivity contribution in [2.24, 2.45) is 0 Å². The fraction of sp³-hybridized carbons (Fsp3) is 0.158. The number of hydrogen-bond donors (Lipinski definition) is 2. The van der Waals surface area contributed by atoms with Crippen molar-refractivity contribution in [3.63, 3.8) is 0 Å². The largest absolute Gasteiger partial charge is 0.345 e. The van der Waals surface area contributed by atoms with Gasteiger partial charge in [-0.15, -0.1) is 0 Å². The number of nitrogens with one attached hydrogen (secondary N) is 2. The van der Waals surface area contributed by atoms with Gasteiger partial charge in [-0.3, -0.25) is 14.6 Å². The Morgan fingerprint density at radius 1 is 1.16 bits per heavy atom. The molecule has 0 bridgehead atoms. The molecule has 0 saturated carbocycles. The first-order valence-corrected chi connectivity index (χ1v) is 8.05. The second-order valence-corrected chi connectivity index (χ2v) is 5.58. The molecule has 0 saturated heterocycles. The first-order valence-electron chi connectivity index (χ1n) is 8.05. The molecule has 126 valence electrons. The lowest BCUT2D eigenvalue weighted by atomic mass is 10.0. The molecule has 3 rings (SSSR count). The summed E-state index contributed by atoms with van der Waals surface area (Å²) in [5.41, 5.74) is 1.81. The molecule has 1 atom stereocenters. The Kier molecular flexibility index (Phi) is 4.99. The lowest BCUT2D eigenvalue weighted by Crippen LogP contribution is -2.33. The molecular formula is C19H18N4O2. The minimum atomic E-state index is -0.516. The van der Waals surface area contributed by atoms with Gasteiger partial charge in [0.2, 0.25) is 0 Å². The van der Waals surface area contributed by atoms with E-state index in [1.165, 1.54) is 6.07 Å². The number of aromatic nitrogens is 3. The summed E-state index contributed by atoms with van der Waals surface area (Å²) in [4.78, 5) is 28.6. The van der Waals surface area contributed by atoms with E-state index in [4.69, 9.17) is 0 Å². The number of rotatable bonds is 5. The zero-order valence-electron chi connectivity index (χ0n) is 13.8. The van der Waals surface area contributed by atoms with Gasteiger partial charge in [0, 0.05) is 18.0 Å². The van der Waals surface area contributed by atoms with E-state index in [2.05, 4.69) is 20.5 Å². The highest BCUT2D eigenvalue weighted by Gasteiger charge is 2.17. The minimum absolute atomic E-state index is 0.0381. The average molecular weight is 334 g/mol. The van der Waals surface area contributed by atoms with E-state index in [1.807, 2.05) is 37.3 Å². The van der Waals surface area contributed by atoms with Gasteiger partial charge in [-0.25, -0.2) is 5.10 Å². The molecule has 0 aliphatic heterocycles. The van der Waals surface area contributed by atoms with Crippen LogP contribution in [0.4, 0.5) is 0 Å². The molecule has 6 nitrogen and oxygen atoms in total. The van der Waals surface area contributed by atoms with Crippen molar-refractivity contribution in [3.8, 4) is 11.3 Å². The van der Waals surface area contributed by atoms with Crippen LogP contribution in [-0.4, -0.2) is 21.1 Å². The van der Waals surface area contributed by atoms with Crippen LogP contribution in [0.25, 0.3) is 11.3 Å². The van der Waals surface area contributed by atoms with E-state index in [9.17, 15) is 9.59 Å². The van der Waals surface area contributed by atoms with Crippen molar-refractivity contribution in [2.75, 3.05) is 0 Å². The number of H-pyrrole nitrogens is 1. The molecule has 2 heterocycles. The van der Waals surface area contributed by atoms with Crippen molar-refractivity contribution in [1.29, 1.82) is 0 Å². The van der Waals surface area contributed by atoms with Crippen LogP contribution in [0.2, 0.25) is 0 Å². The number of aromatic amines is 1. The molecule has 25 heavy (non-hydrogen) atoms. The second-order valence-electron chi connectivity index (χ2n) is 5.58. The van der Waals surface area contributed by atoms with Gasteiger partial charge in [-0.1, -0.05) is 37.3 Å². The summed E-state index contributed by atoms with van der Waals surface area (Å²) in [6.45, 7) is 1.98. The summed E-state index contributed by atoms with van der Waals surface area (Å²) in [7, 11) is 0. The van der Waals surface area contributed by atoms with Gasteiger partial charge in [0.1, 0.15) is 5.56 Å². The number of benzene rings is 1. The van der Waals surface area contributed by atoms with Gasteiger partial charge in [0.05, 0.1) is 11.7 Å². The SMILES string of the molecule is CC[C@@H](NC(=O)c1cc(-c2ccncc2)n[nH]c1=O)c1ccccc1. The first kappa shape index (κ1) is 16.6. The van der Waals surface area contributed by atoms with Gasteiger partial charge in [-0.2, -0.15) is 5.10 Å². The van der Waals surface area contributed by atoms with E-state index < -0.39 is 11.5 Å². The van der Waals surface area contributed by atoms with Gasteiger partial charge < -0.3 is 5.32 Å². The van der Waals surface area contributed by atoms with Crippen molar-refractivity contribution in [1.82, 2.24) is 20.5 Å². The van der Waals surface area contributed by atoms with Crippen molar-refractivity contribution in [3.05, 3.63) is 82.4 Å². The summed E-state index contributed by atoms with van der Waals surface area (Å²) in [6.07, 6.45) is 3.98. The van der Waals surface area contributed by atoms with E-state index in [0.717, 1.165) is 17.5 Å². The summed E-state index contributed by atoms with van der Waals surface area (Å²) in [5.74, 6) is -0.422. The number of pyridine rings is 1. The minimum Gasteiger partial charge on any atom is -0.345 e. The molecule has 3 aromatic rings. The number of carbonyl (C=O) groups excluding carboxylic acids is 1. The quantitative estimate of drug-likeness (QED) is 0.751. The van der Waals surface area contributed by atoms with Crippen LogP contribution in [0.3, 0.4) is 0 Å². The standard InChI is InChI=1S/C19H18N4O2/c1-2-16(13-6-4-3-5-7-13)21-18(24)15-12-17(22-23-19(15)25)14-8-10-20-11-9-14/h3-12,16H,2H2,1H3,(H,21,24)(H,23,25)/t16-/m1/s1. The Hall–Kier alpha value is -3.28. The van der Waals surface area contributed by atoms with E-state index in [1.54, 1.807) is 24.5 Å². The number of amides is 1. The van der Waals surface area contributed by atoms with Gasteiger partial charge in [-0.05, 0) is 30.2 Å². The van der Waals surface area contributed by atoms with Crippen LogP contribution in [0.15, 0.2) is 65.7 Å². The normalized spacial score (nSPS) is 11.7. The molecule has 2 N–H and O–H groups in total. The predicted molar refractivity (Wildman–Crippen MR) is 95.0 cm³/mol. The molecule has 1 aromatic carbocycles. The summed E-state index contributed by atoms with van der Waals surface area (Å²) >= 11 is 0. The Morgan fingerprint density at radius 2 is 1.88 bits per heavy atom. The van der Waals surface area contributed by atoms with Crippen LogP contribution in [0.1, 0.15) is 35.3 Å². The first-order chi connectivity index (χ1) is 12.2. The fourth-order valence-corrected chi connectivity index (χ4v) is 2.59. The Labute approximate surface area is 145 Å². The molecule has 0 aliphatic rings. The topological polar surface area (TPSA) is 87.7 Å². The molecule has 0 aliphatic carbocycles. The maximum Gasteiger partial charge on any atom is 0.277 e. The van der Waals surface area contributed by atoms with E-state index >= 15 is 0 Å². The Bertz CT molecular complexity index is 907. The average Bonchev–Trinajstić information content (AvgIpc) is 2.67. The zero-order valence-corrected chi connectivity index (χ0v) is 13.8. The van der Waals surface area contributed by atoms with Crippen molar-refractivity contribution in [2.45, 2.75) is 19.4 Å². The third-order valence-electron chi connectivity index (χ3n) is 3.94. The summed E-state index contributed by atoms with van der Waals surface area (Å²) < 4.78 is 0. The zero-order chi connectivity index (χ0) is 17.6. The third-order valence-corrected chi connectivity index (χ3v) is 3.94. The molecule has 0 fully saturated rings. The number of carbonyl (C=O) groups is 1. The fourth-order valence-electron chi connectivity index (χ4n) is 2.59. The predicted octanol–water partition coefficient (Wildman–Crippen LogP) is 2.71. The van der Waals surface area contributed by atoms with Crippen molar-refractivity contribution < 1.29 is 4.79 Å². The Morgan fingerprint density at radius 3 is 2.56 bits per heavy atom. The smallest absolute Gasteiger partial charge is 0.277 e. The molecule has 0 unspecified atom stereocenters. The second kappa shape index (κ2) is 7.53.